The molecule has 130 valence electrons. The minimum Gasteiger partial charge on any atom is -0.486 e. The average Bonchev–Trinajstić information content (AvgIpc) is 3.44. The third kappa shape index (κ3) is 3.60. The average molecular weight is 338 g/mol. The lowest BCUT2D eigenvalue weighted by atomic mass is 10.1. The van der Waals surface area contributed by atoms with Gasteiger partial charge in [0.05, 0.1) is 0 Å². The van der Waals surface area contributed by atoms with E-state index in [4.69, 9.17) is 9.47 Å². The predicted molar refractivity (Wildman–Crippen MR) is 94.0 cm³/mol. The highest BCUT2D eigenvalue weighted by atomic mass is 16.6. The van der Waals surface area contributed by atoms with Crippen molar-refractivity contribution in [2.45, 2.75) is 25.7 Å². The van der Waals surface area contributed by atoms with Gasteiger partial charge in [0, 0.05) is 24.4 Å². The van der Waals surface area contributed by atoms with Gasteiger partial charge in [0.2, 0.25) is 5.91 Å². The zero-order chi connectivity index (χ0) is 17.2. The van der Waals surface area contributed by atoms with Gasteiger partial charge < -0.3 is 14.8 Å². The number of nitrogens with zero attached hydrogens (tertiary/aromatic N) is 1. The van der Waals surface area contributed by atoms with Crippen LogP contribution in [0.25, 0.3) is 0 Å². The van der Waals surface area contributed by atoms with Crippen LogP contribution in [0, 0.1) is 12.8 Å². The van der Waals surface area contributed by atoms with E-state index in [0.717, 1.165) is 41.2 Å². The first-order valence-corrected chi connectivity index (χ1v) is 8.79. The smallest absolute Gasteiger partial charge is 0.223 e. The lowest BCUT2D eigenvalue weighted by Gasteiger charge is -2.18. The Kier molecular flexibility index (Phi) is 4.30. The van der Waals surface area contributed by atoms with Crippen molar-refractivity contribution in [3.8, 4) is 11.5 Å². The molecule has 2 heterocycles. The summed E-state index contributed by atoms with van der Waals surface area (Å²) >= 11 is 0. The van der Waals surface area contributed by atoms with Crippen molar-refractivity contribution in [1.82, 2.24) is 10.3 Å². The van der Waals surface area contributed by atoms with Crippen molar-refractivity contribution in [2.75, 3.05) is 19.8 Å². The second kappa shape index (κ2) is 6.75. The number of amides is 1. The van der Waals surface area contributed by atoms with Crippen LogP contribution >= 0.6 is 0 Å². The van der Waals surface area contributed by atoms with Crippen molar-refractivity contribution in [2.24, 2.45) is 5.92 Å². The zero-order valence-corrected chi connectivity index (χ0v) is 14.3. The molecule has 0 unspecified atom stereocenters. The summed E-state index contributed by atoms with van der Waals surface area (Å²) in [6.07, 6.45) is 3.58. The fourth-order valence-corrected chi connectivity index (χ4v) is 3.25. The van der Waals surface area contributed by atoms with Crippen molar-refractivity contribution >= 4 is 5.91 Å². The molecular weight excluding hydrogens is 316 g/mol. The SMILES string of the molecule is Cc1ccc(CCNC(=O)[C@@H]2C[C@H]2c2ccc3c(c2)OCCO3)cn1. The van der Waals surface area contributed by atoms with Gasteiger partial charge in [0.25, 0.3) is 0 Å². The molecule has 0 spiro atoms. The number of aromatic nitrogens is 1. The molecule has 1 aliphatic heterocycles. The molecule has 4 rings (SSSR count). The van der Waals surface area contributed by atoms with Gasteiger partial charge in [-0.15, -0.1) is 0 Å². The van der Waals surface area contributed by atoms with Crippen molar-refractivity contribution in [3.63, 3.8) is 0 Å². The minimum absolute atomic E-state index is 0.0682. The number of hydrogen-bond donors (Lipinski definition) is 1. The van der Waals surface area contributed by atoms with Gasteiger partial charge in [-0.05, 0) is 55.0 Å². The zero-order valence-electron chi connectivity index (χ0n) is 14.3. The van der Waals surface area contributed by atoms with Gasteiger partial charge in [-0.3, -0.25) is 9.78 Å². The Morgan fingerprint density at radius 2 is 2.04 bits per heavy atom. The first kappa shape index (κ1) is 15.9. The molecule has 1 N–H and O–H groups in total. The quantitative estimate of drug-likeness (QED) is 0.910. The molecule has 1 aliphatic carbocycles. The fourth-order valence-electron chi connectivity index (χ4n) is 3.25. The number of pyridine rings is 1. The molecule has 1 fully saturated rings. The topological polar surface area (TPSA) is 60.5 Å². The van der Waals surface area contributed by atoms with Gasteiger partial charge in [-0.1, -0.05) is 12.1 Å². The van der Waals surface area contributed by atoms with Crippen molar-refractivity contribution in [1.29, 1.82) is 0 Å². The molecule has 25 heavy (non-hydrogen) atoms. The number of benzene rings is 1. The van der Waals surface area contributed by atoms with E-state index < -0.39 is 0 Å². The number of rotatable bonds is 5. The number of hydrogen-bond acceptors (Lipinski definition) is 4. The van der Waals surface area contributed by atoms with Crippen molar-refractivity contribution in [3.05, 3.63) is 53.3 Å². The molecule has 2 atom stereocenters. The lowest BCUT2D eigenvalue weighted by molar-refractivity contribution is -0.122. The van der Waals surface area contributed by atoms with Gasteiger partial charge in [0.15, 0.2) is 11.5 Å². The Morgan fingerprint density at radius 1 is 1.20 bits per heavy atom. The van der Waals surface area contributed by atoms with Crippen LogP contribution in [0.4, 0.5) is 0 Å². The van der Waals surface area contributed by atoms with Crippen LogP contribution in [-0.4, -0.2) is 30.6 Å². The molecule has 5 heteroatoms. The number of carbonyl (C=O) groups is 1. The van der Waals surface area contributed by atoms with Gasteiger partial charge >= 0.3 is 0 Å². The summed E-state index contributed by atoms with van der Waals surface area (Å²) in [5, 5.41) is 3.05. The van der Waals surface area contributed by atoms with Crippen molar-refractivity contribution < 1.29 is 14.3 Å². The summed E-state index contributed by atoms with van der Waals surface area (Å²) in [6.45, 7) is 3.79. The third-order valence-corrected chi connectivity index (χ3v) is 4.81. The van der Waals surface area contributed by atoms with Crippen LogP contribution in [0.1, 0.15) is 29.2 Å². The van der Waals surface area contributed by atoms with Crippen LogP contribution in [0.15, 0.2) is 36.5 Å². The molecule has 0 saturated heterocycles. The molecule has 2 aliphatic rings. The molecule has 0 radical (unpaired) electrons. The number of nitrogens with one attached hydrogen (secondary N) is 1. The van der Waals surface area contributed by atoms with E-state index in [1.165, 1.54) is 0 Å². The normalized spacial score (nSPS) is 20.8. The first-order chi connectivity index (χ1) is 12.2. The summed E-state index contributed by atoms with van der Waals surface area (Å²) in [4.78, 5) is 16.6. The summed E-state index contributed by atoms with van der Waals surface area (Å²) in [5.41, 5.74) is 3.31. The molecule has 2 aromatic rings. The van der Waals surface area contributed by atoms with Gasteiger partial charge in [0.1, 0.15) is 13.2 Å². The maximum atomic E-state index is 12.3. The molecule has 1 aromatic carbocycles. The molecule has 0 bridgehead atoms. The summed E-state index contributed by atoms with van der Waals surface area (Å²) < 4.78 is 11.2. The second-order valence-corrected chi connectivity index (χ2v) is 6.70. The monoisotopic (exact) mass is 338 g/mol. The largest absolute Gasteiger partial charge is 0.486 e. The maximum absolute atomic E-state index is 12.3. The first-order valence-electron chi connectivity index (χ1n) is 8.79. The Balaban J connectivity index is 1.29. The number of fused-ring (bicyclic) bond motifs is 1. The van der Waals surface area contributed by atoms with E-state index in [1.807, 2.05) is 37.4 Å². The van der Waals surface area contributed by atoms with Crippen LogP contribution in [0.3, 0.4) is 0 Å². The summed E-state index contributed by atoms with van der Waals surface area (Å²) in [5.74, 6) is 2.08. The highest BCUT2D eigenvalue weighted by Crippen LogP contribution is 2.49. The number of ether oxygens (including phenoxy) is 2. The number of carbonyl (C=O) groups excluding carboxylic acids is 1. The fraction of sp³-hybridized carbons (Fsp3) is 0.400. The Morgan fingerprint density at radius 3 is 2.84 bits per heavy atom. The van der Waals surface area contributed by atoms with E-state index in [1.54, 1.807) is 0 Å². The van der Waals surface area contributed by atoms with Crippen LogP contribution in [0.2, 0.25) is 0 Å². The maximum Gasteiger partial charge on any atom is 0.223 e. The molecular formula is C20H22N2O3. The van der Waals surface area contributed by atoms with Crippen LogP contribution in [0.5, 0.6) is 11.5 Å². The predicted octanol–water partition coefficient (Wildman–Crippen LogP) is 2.62. The molecule has 1 amide bonds. The van der Waals surface area contributed by atoms with E-state index in [9.17, 15) is 4.79 Å². The van der Waals surface area contributed by atoms with Gasteiger partial charge in [-0.2, -0.15) is 0 Å². The standard InChI is InChI=1S/C20H22N2O3/c1-13-2-3-14(12-22-13)6-7-21-20(23)17-11-16(17)15-4-5-18-19(10-15)25-9-8-24-18/h2-5,10,12,16-17H,6-9,11H2,1H3,(H,21,23)/t16-,17+/m0/s1. The molecule has 1 saturated carbocycles. The second-order valence-electron chi connectivity index (χ2n) is 6.70. The third-order valence-electron chi connectivity index (χ3n) is 4.81. The minimum atomic E-state index is 0.0682. The summed E-state index contributed by atoms with van der Waals surface area (Å²) in [6, 6.07) is 10.1. The Labute approximate surface area is 147 Å². The van der Waals surface area contributed by atoms with Crippen LogP contribution in [-0.2, 0) is 11.2 Å². The number of aryl methyl sites for hydroxylation is 1. The molecule has 5 nitrogen and oxygen atoms in total. The Bertz CT molecular complexity index is 773. The van der Waals surface area contributed by atoms with Crippen LogP contribution < -0.4 is 14.8 Å². The Hall–Kier alpha value is -2.56. The summed E-state index contributed by atoms with van der Waals surface area (Å²) in [7, 11) is 0. The van der Waals surface area contributed by atoms with Gasteiger partial charge in [-0.25, -0.2) is 0 Å². The van der Waals surface area contributed by atoms with E-state index >= 15 is 0 Å². The highest BCUT2D eigenvalue weighted by Gasteiger charge is 2.44. The van der Waals surface area contributed by atoms with E-state index in [0.29, 0.717) is 19.8 Å². The van der Waals surface area contributed by atoms with E-state index in [2.05, 4.69) is 16.4 Å². The van der Waals surface area contributed by atoms with E-state index in [-0.39, 0.29) is 17.7 Å². The lowest BCUT2D eigenvalue weighted by Crippen LogP contribution is -2.27. The highest BCUT2D eigenvalue weighted by molar-refractivity contribution is 5.83. The molecule has 1 aromatic heterocycles.